The van der Waals surface area contributed by atoms with Crippen LogP contribution in [0.25, 0.3) is 11.0 Å². The molecule has 3 aromatic rings. The molecule has 23 heavy (non-hydrogen) atoms. The molecule has 2 aromatic carbocycles. The number of benzene rings is 2. The van der Waals surface area contributed by atoms with Crippen LogP contribution in [0.1, 0.15) is 24.8 Å². The first-order valence-corrected chi connectivity index (χ1v) is 7.87. The molecule has 0 aliphatic rings. The predicted octanol–water partition coefficient (Wildman–Crippen LogP) is 2.74. The number of fused-ring (bicyclic) bond motifs is 1. The third-order valence-electron chi connectivity index (χ3n) is 4.02. The Labute approximate surface area is 135 Å². The molecule has 0 radical (unpaired) electrons. The Bertz CT molecular complexity index is 782. The van der Waals surface area contributed by atoms with E-state index >= 15 is 0 Å². The third-order valence-corrected chi connectivity index (χ3v) is 4.02. The average Bonchev–Trinajstić information content (AvgIpc) is 2.99. The summed E-state index contributed by atoms with van der Waals surface area (Å²) in [5.74, 6) is 0.280. The lowest BCUT2D eigenvalue weighted by molar-refractivity contribution is -0.121. The maximum Gasteiger partial charge on any atom is 0.241 e. The SMILES string of the molecule is CC[C@@H](CNC(=O)Cn1nnc2ccccc21)c1ccccc1. The van der Waals surface area contributed by atoms with Crippen LogP contribution in [-0.4, -0.2) is 27.4 Å². The number of carbonyl (C=O) groups excluding carboxylic acids is 1. The van der Waals surface area contributed by atoms with Crippen molar-refractivity contribution in [2.75, 3.05) is 6.54 Å². The molecular weight excluding hydrogens is 288 g/mol. The Hall–Kier alpha value is -2.69. The molecule has 0 saturated heterocycles. The van der Waals surface area contributed by atoms with Crippen LogP contribution in [0.15, 0.2) is 54.6 Å². The molecule has 1 heterocycles. The number of nitrogens with zero attached hydrogens (tertiary/aromatic N) is 3. The van der Waals surface area contributed by atoms with Crippen molar-refractivity contribution in [2.24, 2.45) is 0 Å². The van der Waals surface area contributed by atoms with Gasteiger partial charge in [0, 0.05) is 12.5 Å². The van der Waals surface area contributed by atoms with Gasteiger partial charge < -0.3 is 5.32 Å². The molecule has 0 aliphatic carbocycles. The van der Waals surface area contributed by atoms with Gasteiger partial charge >= 0.3 is 0 Å². The Morgan fingerprint density at radius 2 is 1.87 bits per heavy atom. The van der Waals surface area contributed by atoms with Gasteiger partial charge in [-0.2, -0.15) is 0 Å². The number of rotatable bonds is 6. The lowest BCUT2D eigenvalue weighted by Gasteiger charge is -2.16. The number of aromatic nitrogens is 3. The number of hydrogen-bond donors (Lipinski definition) is 1. The molecule has 0 spiro atoms. The normalized spacial score (nSPS) is 12.2. The van der Waals surface area contributed by atoms with Gasteiger partial charge in [-0.05, 0) is 24.1 Å². The molecule has 1 N–H and O–H groups in total. The van der Waals surface area contributed by atoms with Gasteiger partial charge in [-0.3, -0.25) is 4.79 Å². The van der Waals surface area contributed by atoms with Crippen molar-refractivity contribution in [1.82, 2.24) is 20.3 Å². The highest BCUT2D eigenvalue weighted by Gasteiger charge is 2.12. The number of para-hydroxylation sites is 1. The Balaban J connectivity index is 1.61. The van der Waals surface area contributed by atoms with Crippen molar-refractivity contribution in [1.29, 1.82) is 0 Å². The molecule has 0 saturated carbocycles. The minimum absolute atomic E-state index is 0.0463. The molecule has 3 rings (SSSR count). The number of nitrogens with one attached hydrogen (secondary N) is 1. The van der Waals surface area contributed by atoms with E-state index in [2.05, 4.69) is 34.7 Å². The maximum atomic E-state index is 12.2. The minimum Gasteiger partial charge on any atom is -0.354 e. The van der Waals surface area contributed by atoms with Gasteiger partial charge in [0.2, 0.25) is 5.91 Å². The smallest absolute Gasteiger partial charge is 0.241 e. The lowest BCUT2D eigenvalue weighted by atomic mass is 9.96. The summed E-state index contributed by atoms with van der Waals surface area (Å²) in [5, 5.41) is 11.1. The van der Waals surface area contributed by atoms with Crippen LogP contribution in [0.4, 0.5) is 0 Å². The second kappa shape index (κ2) is 7.05. The van der Waals surface area contributed by atoms with Gasteiger partial charge in [0.15, 0.2) is 0 Å². The summed E-state index contributed by atoms with van der Waals surface area (Å²) in [6.45, 7) is 2.95. The summed E-state index contributed by atoms with van der Waals surface area (Å²) in [6, 6.07) is 17.9. The first-order chi connectivity index (χ1) is 11.3. The topological polar surface area (TPSA) is 59.8 Å². The highest BCUT2D eigenvalue weighted by atomic mass is 16.2. The van der Waals surface area contributed by atoms with Crippen LogP contribution in [0, 0.1) is 0 Å². The Morgan fingerprint density at radius 3 is 2.65 bits per heavy atom. The standard InChI is InChI=1S/C18H20N4O/c1-2-14(15-8-4-3-5-9-15)12-19-18(23)13-22-17-11-7-6-10-16(17)20-21-22/h3-11,14H,2,12-13H2,1H3,(H,19,23)/t14-/m0/s1. The summed E-state index contributed by atoms with van der Waals surface area (Å²) in [4.78, 5) is 12.2. The zero-order chi connectivity index (χ0) is 16.1. The lowest BCUT2D eigenvalue weighted by Crippen LogP contribution is -2.31. The van der Waals surface area contributed by atoms with E-state index in [1.165, 1.54) is 5.56 Å². The van der Waals surface area contributed by atoms with E-state index in [0.29, 0.717) is 12.5 Å². The number of hydrogen-bond acceptors (Lipinski definition) is 3. The van der Waals surface area contributed by atoms with E-state index in [4.69, 9.17) is 0 Å². The summed E-state index contributed by atoms with van der Waals surface area (Å²) < 4.78 is 1.63. The Kier molecular flexibility index (Phi) is 4.66. The fourth-order valence-electron chi connectivity index (χ4n) is 2.69. The maximum absolute atomic E-state index is 12.2. The van der Waals surface area contributed by atoms with Crippen LogP contribution >= 0.6 is 0 Å². The molecule has 118 valence electrons. The molecule has 1 aromatic heterocycles. The first-order valence-electron chi connectivity index (χ1n) is 7.87. The zero-order valence-corrected chi connectivity index (χ0v) is 13.1. The molecule has 5 nitrogen and oxygen atoms in total. The van der Waals surface area contributed by atoms with E-state index in [-0.39, 0.29) is 12.5 Å². The van der Waals surface area contributed by atoms with Crippen molar-refractivity contribution in [3.05, 3.63) is 60.2 Å². The minimum atomic E-state index is -0.0463. The molecule has 0 fully saturated rings. The van der Waals surface area contributed by atoms with Crippen LogP contribution in [0.5, 0.6) is 0 Å². The van der Waals surface area contributed by atoms with Gasteiger partial charge in [0.25, 0.3) is 0 Å². The van der Waals surface area contributed by atoms with E-state index in [0.717, 1.165) is 17.5 Å². The molecule has 0 aliphatic heterocycles. The van der Waals surface area contributed by atoms with Crippen LogP contribution in [0.3, 0.4) is 0 Å². The zero-order valence-electron chi connectivity index (χ0n) is 13.1. The van der Waals surface area contributed by atoms with Crippen molar-refractivity contribution >= 4 is 16.9 Å². The summed E-state index contributed by atoms with van der Waals surface area (Å²) in [7, 11) is 0. The van der Waals surface area contributed by atoms with Crippen molar-refractivity contribution < 1.29 is 4.79 Å². The number of amides is 1. The molecule has 0 bridgehead atoms. The highest BCUT2D eigenvalue weighted by molar-refractivity contribution is 5.79. The summed E-state index contributed by atoms with van der Waals surface area (Å²) in [6.07, 6.45) is 0.983. The molecule has 1 atom stereocenters. The fourth-order valence-corrected chi connectivity index (χ4v) is 2.69. The van der Waals surface area contributed by atoms with Gasteiger partial charge in [0.1, 0.15) is 12.1 Å². The molecular formula is C18H20N4O. The van der Waals surface area contributed by atoms with Crippen molar-refractivity contribution in [2.45, 2.75) is 25.8 Å². The van der Waals surface area contributed by atoms with E-state index in [9.17, 15) is 4.79 Å². The average molecular weight is 308 g/mol. The van der Waals surface area contributed by atoms with Crippen LogP contribution < -0.4 is 5.32 Å². The predicted molar refractivity (Wildman–Crippen MR) is 90.0 cm³/mol. The second-order valence-electron chi connectivity index (χ2n) is 5.56. The summed E-state index contributed by atoms with van der Waals surface area (Å²) >= 11 is 0. The van der Waals surface area contributed by atoms with E-state index in [1.54, 1.807) is 4.68 Å². The number of carbonyl (C=O) groups is 1. The third kappa shape index (κ3) is 3.56. The van der Waals surface area contributed by atoms with Gasteiger partial charge in [0.05, 0.1) is 5.52 Å². The van der Waals surface area contributed by atoms with Gasteiger partial charge in [-0.15, -0.1) is 5.10 Å². The highest BCUT2D eigenvalue weighted by Crippen LogP contribution is 2.18. The quantitative estimate of drug-likeness (QED) is 0.761. The second-order valence-corrected chi connectivity index (χ2v) is 5.56. The van der Waals surface area contributed by atoms with Crippen LogP contribution in [-0.2, 0) is 11.3 Å². The van der Waals surface area contributed by atoms with Gasteiger partial charge in [-0.25, -0.2) is 4.68 Å². The van der Waals surface area contributed by atoms with Crippen molar-refractivity contribution in [3.8, 4) is 0 Å². The Morgan fingerprint density at radius 1 is 1.13 bits per heavy atom. The largest absolute Gasteiger partial charge is 0.354 e. The first kappa shape index (κ1) is 15.2. The molecule has 5 heteroatoms. The van der Waals surface area contributed by atoms with E-state index < -0.39 is 0 Å². The fraction of sp³-hybridized carbons (Fsp3) is 0.278. The van der Waals surface area contributed by atoms with Crippen molar-refractivity contribution in [3.63, 3.8) is 0 Å². The summed E-state index contributed by atoms with van der Waals surface area (Å²) in [5.41, 5.74) is 2.93. The van der Waals surface area contributed by atoms with Crippen LogP contribution in [0.2, 0.25) is 0 Å². The molecule has 1 amide bonds. The van der Waals surface area contributed by atoms with Gasteiger partial charge in [-0.1, -0.05) is 54.6 Å². The molecule has 0 unspecified atom stereocenters. The monoisotopic (exact) mass is 308 g/mol. The van der Waals surface area contributed by atoms with E-state index in [1.807, 2.05) is 42.5 Å².